The SMILES string of the molecule is CCOC(=O)CC1Oc2ccc(C)cc2NC1=O. The lowest BCUT2D eigenvalue weighted by molar-refractivity contribution is -0.147. The van der Waals surface area contributed by atoms with Crippen molar-refractivity contribution in [3.8, 4) is 5.75 Å². The minimum absolute atomic E-state index is 0.0764. The second-order valence-corrected chi connectivity index (χ2v) is 4.10. The highest BCUT2D eigenvalue weighted by Crippen LogP contribution is 2.31. The Kier molecular flexibility index (Phi) is 3.50. The molecule has 0 saturated carbocycles. The van der Waals surface area contributed by atoms with Gasteiger partial charge in [-0.15, -0.1) is 0 Å². The van der Waals surface area contributed by atoms with Crippen molar-refractivity contribution in [1.29, 1.82) is 0 Å². The predicted molar refractivity (Wildman–Crippen MR) is 65.5 cm³/mol. The molecular weight excluding hydrogens is 234 g/mol. The zero-order valence-electron chi connectivity index (χ0n) is 10.4. The van der Waals surface area contributed by atoms with Crippen LogP contribution in [0.25, 0.3) is 0 Å². The van der Waals surface area contributed by atoms with Crippen molar-refractivity contribution in [2.45, 2.75) is 26.4 Å². The van der Waals surface area contributed by atoms with Crippen molar-refractivity contribution >= 4 is 17.6 Å². The van der Waals surface area contributed by atoms with Crippen LogP contribution in [-0.2, 0) is 14.3 Å². The molecule has 0 aliphatic carbocycles. The van der Waals surface area contributed by atoms with E-state index in [1.165, 1.54) is 0 Å². The lowest BCUT2D eigenvalue weighted by Crippen LogP contribution is -2.38. The van der Waals surface area contributed by atoms with Crippen LogP contribution in [0.1, 0.15) is 18.9 Å². The maximum atomic E-state index is 11.8. The van der Waals surface area contributed by atoms with Gasteiger partial charge in [0.15, 0.2) is 6.10 Å². The lowest BCUT2D eigenvalue weighted by atomic mass is 10.1. The summed E-state index contributed by atoms with van der Waals surface area (Å²) in [6.45, 7) is 3.94. The minimum atomic E-state index is -0.820. The van der Waals surface area contributed by atoms with Gasteiger partial charge in [-0.2, -0.15) is 0 Å². The molecule has 1 aliphatic rings. The average Bonchev–Trinajstić information content (AvgIpc) is 2.31. The number of hydrogen-bond acceptors (Lipinski definition) is 4. The fraction of sp³-hybridized carbons (Fsp3) is 0.385. The first-order valence-electron chi connectivity index (χ1n) is 5.84. The van der Waals surface area contributed by atoms with Gasteiger partial charge in [0, 0.05) is 0 Å². The van der Waals surface area contributed by atoms with Crippen LogP contribution in [-0.4, -0.2) is 24.6 Å². The number of amides is 1. The van der Waals surface area contributed by atoms with Crippen LogP contribution in [0.4, 0.5) is 5.69 Å². The third-order valence-corrected chi connectivity index (χ3v) is 2.61. The summed E-state index contributed by atoms with van der Waals surface area (Å²) in [7, 11) is 0. The molecular formula is C13H15NO4. The summed E-state index contributed by atoms with van der Waals surface area (Å²) in [5.74, 6) is -0.177. The molecule has 2 rings (SSSR count). The van der Waals surface area contributed by atoms with Gasteiger partial charge in [-0.1, -0.05) is 6.07 Å². The molecule has 1 amide bonds. The summed E-state index contributed by atoms with van der Waals surface area (Å²) in [6, 6.07) is 5.49. The van der Waals surface area contributed by atoms with E-state index in [0.717, 1.165) is 5.56 Å². The molecule has 1 N–H and O–H groups in total. The number of esters is 1. The van der Waals surface area contributed by atoms with Crippen molar-refractivity contribution in [3.05, 3.63) is 23.8 Å². The number of aryl methyl sites for hydroxylation is 1. The molecule has 1 aliphatic heterocycles. The van der Waals surface area contributed by atoms with Crippen LogP contribution < -0.4 is 10.1 Å². The Morgan fingerprint density at radius 2 is 2.28 bits per heavy atom. The predicted octanol–water partition coefficient (Wildman–Crippen LogP) is 1.65. The summed E-state index contributed by atoms with van der Waals surface area (Å²) >= 11 is 0. The number of nitrogens with one attached hydrogen (secondary N) is 1. The van der Waals surface area contributed by atoms with Crippen LogP contribution in [0.3, 0.4) is 0 Å². The van der Waals surface area contributed by atoms with E-state index in [-0.39, 0.29) is 12.3 Å². The van der Waals surface area contributed by atoms with Gasteiger partial charge >= 0.3 is 5.97 Å². The highest BCUT2D eigenvalue weighted by atomic mass is 16.5. The molecule has 5 heteroatoms. The highest BCUT2D eigenvalue weighted by Gasteiger charge is 2.30. The fourth-order valence-electron chi connectivity index (χ4n) is 1.77. The van der Waals surface area contributed by atoms with Crippen LogP contribution in [0.5, 0.6) is 5.75 Å². The maximum absolute atomic E-state index is 11.8. The zero-order valence-corrected chi connectivity index (χ0v) is 10.4. The summed E-state index contributed by atoms with van der Waals surface area (Å²) in [5, 5.41) is 2.73. The Balaban J connectivity index is 2.11. The van der Waals surface area contributed by atoms with Gasteiger partial charge in [-0.05, 0) is 31.5 Å². The standard InChI is InChI=1S/C13H15NO4/c1-3-17-12(15)7-11-13(16)14-9-6-8(2)4-5-10(9)18-11/h4-6,11H,3,7H2,1-2H3,(H,14,16). The average molecular weight is 249 g/mol. The first-order valence-corrected chi connectivity index (χ1v) is 5.84. The number of ether oxygens (including phenoxy) is 2. The van der Waals surface area contributed by atoms with Gasteiger partial charge in [0.2, 0.25) is 0 Å². The van der Waals surface area contributed by atoms with Crippen LogP contribution in [0, 0.1) is 6.92 Å². The number of hydrogen-bond donors (Lipinski definition) is 1. The number of fused-ring (bicyclic) bond motifs is 1. The summed E-state index contributed by atoms with van der Waals surface area (Å²) in [5.41, 5.74) is 1.67. The zero-order chi connectivity index (χ0) is 13.1. The maximum Gasteiger partial charge on any atom is 0.310 e. The smallest absolute Gasteiger partial charge is 0.310 e. The monoisotopic (exact) mass is 249 g/mol. The van der Waals surface area contributed by atoms with Gasteiger partial charge in [0.25, 0.3) is 5.91 Å². The number of rotatable bonds is 3. The Morgan fingerprint density at radius 1 is 1.50 bits per heavy atom. The minimum Gasteiger partial charge on any atom is -0.478 e. The van der Waals surface area contributed by atoms with E-state index < -0.39 is 12.1 Å². The molecule has 0 radical (unpaired) electrons. The third-order valence-electron chi connectivity index (χ3n) is 2.61. The van der Waals surface area contributed by atoms with E-state index in [1.807, 2.05) is 19.1 Å². The molecule has 1 aromatic rings. The quantitative estimate of drug-likeness (QED) is 0.827. The Morgan fingerprint density at radius 3 is 3.00 bits per heavy atom. The molecule has 0 saturated heterocycles. The van der Waals surface area contributed by atoms with E-state index in [9.17, 15) is 9.59 Å². The van der Waals surface area contributed by atoms with Crippen LogP contribution >= 0.6 is 0 Å². The highest BCUT2D eigenvalue weighted by molar-refractivity contribution is 5.99. The number of anilines is 1. The number of benzene rings is 1. The molecule has 5 nitrogen and oxygen atoms in total. The van der Waals surface area contributed by atoms with E-state index in [2.05, 4.69) is 5.32 Å². The molecule has 1 unspecified atom stereocenters. The second kappa shape index (κ2) is 5.08. The lowest BCUT2D eigenvalue weighted by Gasteiger charge is -2.25. The topological polar surface area (TPSA) is 64.6 Å². The van der Waals surface area contributed by atoms with Gasteiger partial charge in [0.05, 0.1) is 18.7 Å². The molecule has 1 atom stereocenters. The van der Waals surface area contributed by atoms with Crippen molar-refractivity contribution in [2.75, 3.05) is 11.9 Å². The summed E-state index contributed by atoms with van der Waals surface area (Å²) in [6.07, 6.45) is -0.897. The second-order valence-electron chi connectivity index (χ2n) is 4.10. The number of carbonyl (C=O) groups excluding carboxylic acids is 2. The van der Waals surface area contributed by atoms with Gasteiger partial charge in [-0.25, -0.2) is 0 Å². The van der Waals surface area contributed by atoms with E-state index in [1.54, 1.807) is 13.0 Å². The first kappa shape index (κ1) is 12.4. The molecule has 0 fully saturated rings. The largest absolute Gasteiger partial charge is 0.478 e. The number of carbonyl (C=O) groups is 2. The molecule has 0 aromatic heterocycles. The Hall–Kier alpha value is -2.04. The summed E-state index contributed by atoms with van der Waals surface area (Å²) < 4.78 is 10.3. The first-order chi connectivity index (χ1) is 8.60. The van der Waals surface area contributed by atoms with Gasteiger partial charge in [-0.3, -0.25) is 9.59 Å². The molecule has 0 bridgehead atoms. The van der Waals surface area contributed by atoms with Gasteiger partial charge < -0.3 is 14.8 Å². The summed E-state index contributed by atoms with van der Waals surface area (Å²) in [4.78, 5) is 23.1. The van der Waals surface area contributed by atoms with Gasteiger partial charge in [0.1, 0.15) is 5.75 Å². The Bertz CT molecular complexity index is 484. The van der Waals surface area contributed by atoms with E-state index in [4.69, 9.17) is 9.47 Å². The third kappa shape index (κ3) is 2.61. The van der Waals surface area contributed by atoms with E-state index in [0.29, 0.717) is 18.0 Å². The molecule has 18 heavy (non-hydrogen) atoms. The van der Waals surface area contributed by atoms with Crippen LogP contribution in [0.2, 0.25) is 0 Å². The molecule has 96 valence electrons. The molecule has 1 aromatic carbocycles. The van der Waals surface area contributed by atoms with E-state index >= 15 is 0 Å². The normalized spacial score (nSPS) is 17.4. The van der Waals surface area contributed by atoms with Crippen molar-refractivity contribution in [1.82, 2.24) is 0 Å². The van der Waals surface area contributed by atoms with Crippen molar-refractivity contribution in [2.24, 2.45) is 0 Å². The fourth-order valence-corrected chi connectivity index (χ4v) is 1.77. The van der Waals surface area contributed by atoms with Crippen LogP contribution in [0.15, 0.2) is 18.2 Å². The van der Waals surface area contributed by atoms with Crippen molar-refractivity contribution < 1.29 is 19.1 Å². The molecule has 1 heterocycles. The Labute approximate surface area is 105 Å². The molecule has 0 spiro atoms. The van der Waals surface area contributed by atoms with Crippen molar-refractivity contribution in [3.63, 3.8) is 0 Å².